The molecule has 31 heavy (non-hydrogen) atoms. The fourth-order valence-electron chi connectivity index (χ4n) is 3.30. The number of amides is 3. The van der Waals surface area contributed by atoms with Crippen molar-refractivity contribution in [1.82, 2.24) is 21.3 Å². The summed E-state index contributed by atoms with van der Waals surface area (Å²) in [6.07, 6.45) is 2.69. The van der Waals surface area contributed by atoms with Gasteiger partial charge in [0.2, 0.25) is 17.7 Å². The number of aliphatic hydroxyl groups is 1. The summed E-state index contributed by atoms with van der Waals surface area (Å²) in [7, 11) is 0. The average molecular weight is 461 g/mol. The molecule has 178 valence electrons. The van der Waals surface area contributed by atoms with E-state index in [1.54, 1.807) is 0 Å². The first-order chi connectivity index (χ1) is 14.6. The van der Waals surface area contributed by atoms with Crippen molar-refractivity contribution in [3.63, 3.8) is 0 Å². The highest BCUT2D eigenvalue weighted by Crippen LogP contribution is 2.09. The van der Waals surface area contributed by atoms with E-state index in [0.717, 1.165) is 6.42 Å². The molecule has 0 aromatic heterocycles. The van der Waals surface area contributed by atoms with Gasteiger partial charge in [-0.2, -0.15) is 11.8 Å². The second-order valence-corrected chi connectivity index (χ2v) is 9.23. The molecular weight excluding hydrogens is 424 g/mol. The van der Waals surface area contributed by atoms with Crippen LogP contribution in [0.5, 0.6) is 0 Å². The van der Waals surface area contributed by atoms with E-state index in [4.69, 9.17) is 0 Å². The largest absolute Gasteiger partial charge is 0.480 e. The molecule has 3 amide bonds. The molecule has 1 rings (SSSR count). The topological polar surface area (TPSA) is 157 Å². The number of aliphatic hydroxyl groups excluding tert-OH is 1. The molecule has 1 aliphatic rings. The Bertz CT molecular complexity index is 625. The molecule has 11 heteroatoms. The molecule has 0 saturated carbocycles. The van der Waals surface area contributed by atoms with Gasteiger partial charge in [0, 0.05) is 0 Å². The molecule has 1 saturated heterocycles. The number of rotatable bonds is 13. The summed E-state index contributed by atoms with van der Waals surface area (Å²) in [5.74, 6) is -2.22. The summed E-state index contributed by atoms with van der Waals surface area (Å²) >= 11 is 1.48. The highest BCUT2D eigenvalue weighted by Gasteiger charge is 2.33. The van der Waals surface area contributed by atoms with E-state index in [1.807, 2.05) is 20.1 Å². The van der Waals surface area contributed by atoms with Crippen LogP contribution in [0, 0.1) is 5.92 Å². The van der Waals surface area contributed by atoms with Gasteiger partial charge in [-0.15, -0.1) is 0 Å². The lowest BCUT2D eigenvalue weighted by molar-refractivity contribution is -0.143. The van der Waals surface area contributed by atoms with E-state index in [9.17, 15) is 29.4 Å². The molecule has 1 aliphatic heterocycles. The molecule has 0 aromatic carbocycles. The minimum Gasteiger partial charge on any atom is -0.480 e. The molecule has 0 aliphatic carbocycles. The fourth-order valence-corrected chi connectivity index (χ4v) is 3.77. The molecule has 5 atom stereocenters. The molecule has 0 radical (unpaired) electrons. The maximum atomic E-state index is 12.8. The zero-order chi connectivity index (χ0) is 23.6. The van der Waals surface area contributed by atoms with Gasteiger partial charge in [-0.3, -0.25) is 14.4 Å². The smallest absolute Gasteiger partial charge is 0.326 e. The van der Waals surface area contributed by atoms with Gasteiger partial charge in [0.05, 0.1) is 12.1 Å². The van der Waals surface area contributed by atoms with E-state index < -0.39 is 48.1 Å². The summed E-state index contributed by atoms with van der Waals surface area (Å²) in [6.45, 7) is 5.79. The first kappa shape index (κ1) is 27.2. The molecule has 10 nitrogen and oxygen atoms in total. The van der Waals surface area contributed by atoms with Crippen LogP contribution in [0.3, 0.4) is 0 Å². The van der Waals surface area contributed by atoms with Crippen molar-refractivity contribution in [2.24, 2.45) is 5.92 Å². The van der Waals surface area contributed by atoms with Crippen LogP contribution < -0.4 is 21.3 Å². The molecule has 5 unspecified atom stereocenters. The van der Waals surface area contributed by atoms with Crippen molar-refractivity contribution >= 4 is 35.5 Å². The lowest BCUT2D eigenvalue weighted by Crippen LogP contribution is -2.59. The summed E-state index contributed by atoms with van der Waals surface area (Å²) < 4.78 is 0. The van der Waals surface area contributed by atoms with Gasteiger partial charge in [-0.1, -0.05) is 13.8 Å². The standard InChI is InChI=1S/C20H36N4O6S/c1-11(2)10-15(20(29)30)23-18(27)14(7-9-31-4)22-19(28)16(12(3)25)24-17(26)13-6-5-8-21-13/h11-16,21,25H,5-10H2,1-4H3,(H,22,28)(H,23,27)(H,24,26)(H,29,30). The summed E-state index contributed by atoms with van der Waals surface area (Å²) in [6, 6.07) is -3.71. The minimum absolute atomic E-state index is 0.0552. The Labute approximate surface area is 187 Å². The van der Waals surface area contributed by atoms with Crippen molar-refractivity contribution in [2.75, 3.05) is 18.6 Å². The van der Waals surface area contributed by atoms with Crippen LogP contribution in [0.2, 0.25) is 0 Å². The van der Waals surface area contributed by atoms with Crippen LogP contribution in [-0.4, -0.2) is 82.7 Å². The van der Waals surface area contributed by atoms with Gasteiger partial charge in [0.1, 0.15) is 18.1 Å². The maximum Gasteiger partial charge on any atom is 0.326 e. The number of carbonyl (C=O) groups excluding carboxylic acids is 3. The number of carboxylic acid groups (broad SMARTS) is 1. The normalized spacial score (nSPS) is 19.9. The molecule has 0 bridgehead atoms. The highest BCUT2D eigenvalue weighted by molar-refractivity contribution is 7.98. The monoisotopic (exact) mass is 460 g/mol. The lowest BCUT2D eigenvalue weighted by Gasteiger charge is -2.26. The fraction of sp³-hybridized carbons (Fsp3) is 0.800. The zero-order valence-corrected chi connectivity index (χ0v) is 19.5. The summed E-state index contributed by atoms with van der Waals surface area (Å²) in [5.41, 5.74) is 0. The minimum atomic E-state index is -1.23. The highest BCUT2D eigenvalue weighted by atomic mass is 32.2. The Hall–Kier alpha value is -1.85. The average Bonchev–Trinajstić information content (AvgIpc) is 3.22. The summed E-state index contributed by atoms with van der Waals surface area (Å²) in [5, 5.41) is 30.1. The number of carboxylic acids is 1. The third-order valence-corrected chi connectivity index (χ3v) is 5.65. The third-order valence-electron chi connectivity index (χ3n) is 5.00. The zero-order valence-electron chi connectivity index (χ0n) is 18.6. The van der Waals surface area contributed by atoms with Crippen LogP contribution in [0.1, 0.15) is 46.5 Å². The van der Waals surface area contributed by atoms with Gasteiger partial charge >= 0.3 is 5.97 Å². The van der Waals surface area contributed by atoms with E-state index in [0.29, 0.717) is 18.7 Å². The Balaban J connectivity index is 2.85. The molecule has 1 heterocycles. The van der Waals surface area contributed by atoms with Crippen LogP contribution in [0.15, 0.2) is 0 Å². The van der Waals surface area contributed by atoms with Gasteiger partial charge in [-0.25, -0.2) is 4.79 Å². The first-order valence-electron chi connectivity index (χ1n) is 10.6. The van der Waals surface area contributed by atoms with Crippen molar-refractivity contribution in [1.29, 1.82) is 0 Å². The number of aliphatic carboxylic acids is 1. The van der Waals surface area contributed by atoms with Crippen molar-refractivity contribution in [2.45, 2.75) is 76.7 Å². The third kappa shape index (κ3) is 9.44. The van der Waals surface area contributed by atoms with E-state index >= 15 is 0 Å². The van der Waals surface area contributed by atoms with Crippen molar-refractivity contribution in [3.8, 4) is 0 Å². The summed E-state index contributed by atoms with van der Waals surface area (Å²) in [4.78, 5) is 49.4. The lowest BCUT2D eigenvalue weighted by atomic mass is 10.0. The van der Waals surface area contributed by atoms with E-state index in [2.05, 4.69) is 21.3 Å². The molecular formula is C20H36N4O6S. The number of nitrogens with one attached hydrogen (secondary N) is 4. The van der Waals surface area contributed by atoms with Gasteiger partial charge in [-0.05, 0) is 57.1 Å². The predicted octanol–water partition coefficient (Wildman–Crippen LogP) is -0.543. The quantitative estimate of drug-likeness (QED) is 0.214. The van der Waals surface area contributed by atoms with Crippen molar-refractivity contribution < 1.29 is 29.4 Å². The molecule has 6 N–H and O–H groups in total. The Morgan fingerprint density at radius 2 is 1.71 bits per heavy atom. The number of thioether (sulfide) groups is 1. The van der Waals surface area contributed by atoms with Gasteiger partial charge < -0.3 is 31.5 Å². The Kier molecular flexibility index (Phi) is 11.9. The second kappa shape index (κ2) is 13.5. The van der Waals surface area contributed by atoms with Gasteiger partial charge in [0.25, 0.3) is 0 Å². The van der Waals surface area contributed by atoms with E-state index in [-0.39, 0.29) is 24.7 Å². The second-order valence-electron chi connectivity index (χ2n) is 8.25. The SMILES string of the molecule is CSCCC(NC(=O)C(NC(=O)C1CCCN1)C(C)O)C(=O)NC(CC(C)C)C(=O)O. The Morgan fingerprint density at radius 1 is 1.06 bits per heavy atom. The maximum absolute atomic E-state index is 12.8. The Morgan fingerprint density at radius 3 is 2.19 bits per heavy atom. The first-order valence-corrected chi connectivity index (χ1v) is 12.0. The van der Waals surface area contributed by atoms with Crippen LogP contribution >= 0.6 is 11.8 Å². The van der Waals surface area contributed by atoms with Crippen LogP contribution in [0.25, 0.3) is 0 Å². The van der Waals surface area contributed by atoms with Crippen molar-refractivity contribution in [3.05, 3.63) is 0 Å². The van der Waals surface area contributed by atoms with Gasteiger partial charge in [0.15, 0.2) is 0 Å². The van der Waals surface area contributed by atoms with Crippen LogP contribution in [0.4, 0.5) is 0 Å². The molecule has 0 aromatic rings. The number of carbonyl (C=O) groups is 4. The van der Waals surface area contributed by atoms with E-state index in [1.165, 1.54) is 18.7 Å². The number of hydrogen-bond acceptors (Lipinski definition) is 7. The van der Waals surface area contributed by atoms with Crippen LogP contribution in [-0.2, 0) is 19.2 Å². The number of hydrogen-bond donors (Lipinski definition) is 6. The molecule has 1 fully saturated rings. The predicted molar refractivity (Wildman–Crippen MR) is 119 cm³/mol. The molecule has 0 spiro atoms.